The first kappa shape index (κ1) is 25.3. The number of benzene rings is 1. The Bertz CT molecular complexity index is 1740. The minimum Gasteiger partial charge on any atom is -0.383 e. The molecule has 0 aliphatic carbocycles. The fraction of sp³-hybridized carbons (Fsp3) is 0.323. The van der Waals surface area contributed by atoms with Gasteiger partial charge in [0.05, 0.1) is 23.1 Å². The standard InChI is InChI=1S/C31H30N8O2/c1-17-12-26(37-36-17)31(41)38-22-9-10-23(38)14-21(13-22)28-27(18(2)40)29(32)39-30(35-28)24(16-34-39)20-8-11-25(33-15-20)19-6-4-3-5-7-19/h3-8,11,15-16,21-23H,9-10,12-14,32H2,1-2H3. The Morgan fingerprint density at radius 3 is 2.34 bits per heavy atom. The van der Waals surface area contributed by atoms with E-state index >= 15 is 0 Å². The van der Waals surface area contributed by atoms with Crippen LogP contribution < -0.4 is 5.73 Å². The number of nitrogens with two attached hydrogens (primary N) is 1. The third kappa shape index (κ3) is 4.21. The first-order valence-electron chi connectivity index (χ1n) is 14.0. The lowest BCUT2D eigenvalue weighted by Crippen LogP contribution is -2.49. The minimum absolute atomic E-state index is 0.00687. The van der Waals surface area contributed by atoms with E-state index in [4.69, 9.17) is 10.7 Å². The number of nitrogens with zero attached hydrogens (tertiary/aromatic N) is 7. The number of pyridine rings is 1. The lowest BCUT2D eigenvalue weighted by molar-refractivity contribution is -0.128. The number of piperidine rings is 1. The third-order valence-electron chi connectivity index (χ3n) is 8.57. The molecule has 2 N–H and O–H groups in total. The molecule has 0 saturated carbocycles. The average molecular weight is 547 g/mol. The van der Waals surface area contributed by atoms with Crippen LogP contribution in [-0.2, 0) is 4.79 Å². The lowest BCUT2D eigenvalue weighted by atomic mass is 9.85. The van der Waals surface area contributed by atoms with Gasteiger partial charge >= 0.3 is 0 Å². The number of carbonyl (C=O) groups excluding carboxylic acids is 2. The summed E-state index contributed by atoms with van der Waals surface area (Å²) < 4.78 is 1.55. The van der Waals surface area contributed by atoms with E-state index in [0.717, 1.165) is 53.8 Å². The Morgan fingerprint density at radius 1 is 0.951 bits per heavy atom. The molecule has 206 valence electrons. The summed E-state index contributed by atoms with van der Waals surface area (Å²) in [6, 6.07) is 14.1. The summed E-state index contributed by atoms with van der Waals surface area (Å²) in [5.74, 6) is 0.122. The van der Waals surface area contributed by atoms with Gasteiger partial charge in [0.2, 0.25) is 0 Å². The second-order valence-electron chi connectivity index (χ2n) is 11.2. The van der Waals surface area contributed by atoms with Crippen molar-refractivity contribution < 1.29 is 9.59 Å². The van der Waals surface area contributed by atoms with Crippen molar-refractivity contribution in [1.82, 2.24) is 24.5 Å². The molecule has 0 spiro atoms. The van der Waals surface area contributed by atoms with E-state index in [1.165, 1.54) is 6.92 Å². The van der Waals surface area contributed by atoms with Gasteiger partial charge < -0.3 is 10.6 Å². The van der Waals surface area contributed by atoms with Crippen molar-refractivity contribution in [2.45, 2.75) is 64.0 Å². The van der Waals surface area contributed by atoms with Crippen LogP contribution in [0, 0.1) is 0 Å². The van der Waals surface area contributed by atoms with Gasteiger partial charge in [-0.15, -0.1) is 5.10 Å². The molecule has 0 radical (unpaired) electrons. The average Bonchev–Trinajstić information content (AvgIpc) is 3.68. The Balaban J connectivity index is 1.24. The highest BCUT2D eigenvalue weighted by Gasteiger charge is 2.46. The zero-order valence-electron chi connectivity index (χ0n) is 23.0. The van der Waals surface area contributed by atoms with Crippen molar-refractivity contribution in [3.63, 3.8) is 0 Å². The fourth-order valence-corrected chi connectivity index (χ4v) is 6.68. The van der Waals surface area contributed by atoms with Gasteiger partial charge in [0, 0.05) is 53.0 Å². The summed E-state index contributed by atoms with van der Waals surface area (Å²) in [5.41, 5.74) is 13.3. The molecular formula is C31H30N8O2. The van der Waals surface area contributed by atoms with E-state index in [1.807, 2.05) is 60.5 Å². The maximum atomic E-state index is 13.3. The summed E-state index contributed by atoms with van der Waals surface area (Å²) in [7, 11) is 0. The second kappa shape index (κ2) is 9.72. The van der Waals surface area contributed by atoms with Gasteiger partial charge in [0.15, 0.2) is 11.4 Å². The van der Waals surface area contributed by atoms with E-state index in [-0.39, 0.29) is 35.5 Å². The smallest absolute Gasteiger partial charge is 0.271 e. The molecule has 2 bridgehead atoms. The van der Waals surface area contributed by atoms with Gasteiger partial charge in [0.1, 0.15) is 11.5 Å². The van der Waals surface area contributed by atoms with Crippen molar-refractivity contribution in [1.29, 1.82) is 0 Å². The zero-order chi connectivity index (χ0) is 28.2. The van der Waals surface area contributed by atoms with E-state index in [0.29, 0.717) is 29.0 Å². The van der Waals surface area contributed by atoms with Gasteiger partial charge in [-0.3, -0.25) is 14.6 Å². The number of nitrogen functional groups attached to an aromatic ring is 1. The SMILES string of the molecule is CC(=O)c1c(C2CC3CCC(C2)N3C(=O)C2=NN=C(C)C2)nc2c(-c3ccc(-c4ccccc4)nc3)cnn2c1N. The van der Waals surface area contributed by atoms with Gasteiger partial charge in [0.25, 0.3) is 5.91 Å². The first-order chi connectivity index (χ1) is 19.9. The Labute approximate surface area is 237 Å². The molecule has 41 heavy (non-hydrogen) atoms. The van der Waals surface area contributed by atoms with Crippen LogP contribution in [0.3, 0.4) is 0 Å². The van der Waals surface area contributed by atoms with E-state index in [9.17, 15) is 9.59 Å². The number of hydrogen-bond donors (Lipinski definition) is 1. The lowest BCUT2D eigenvalue weighted by Gasteiger charge is -2.39. The monoisotopic (exact) mass is 546 g/mol. The Morgan fingerprint density at radius 2 is 1.71 bits per heavy atom. The number of aromatic nitrogens is 4. The van der Waals surface area contributed by atoms with E-state index in [1.54, 1.807) is 10.7 Å². The topological polar surface area (TPSA) is 131 Å². The number of carbonyl (C=O) groups is 2. The molecule has 2 atom stereocenters. The summed E-state index contributed by atoms with van der Waals surface area (Å²) in [5, 5.41) is 12.7. The van der Waals surface area contributed by atoms with Crippen LogP contribution >= 0.6 is 0 Å². The minimum atomic E-state index is -0.142. The molecule has 3 aliphatic heterocycles. The number of anilines is 1. The quantitative estimate of drug-likeness (QED) is 0.361. The summed E-state index contributed by atoms with van der Waals surface area (Å²) in [6.45, 7) is 3.41. The van der Waals surface area contributed by atoms with Crippen LogP contribution in [-0.4, -0.2) is 59.7 Å². The summed E-state index contributed by atoms with van der Waals surface area (Å²) >= 11 is 0. The number of Topliss-reactive ketones (excluding diaryl/α,β-unsaturated/α-hetero) is 1. The molecule has 7 rings (SSSR count). The maximum Gasteiger partial charge on any atom is 0.271 e. The van der Waals surface area contributed by atoms with Crippen LogP contribution in [0.4, 0.5) is 5.82 Å². The molecule has 1 aromatic carbocycles. The van der Waals surface area contributed by atoms with E-state index < -0.39 is 0 Å². The van der Waals surface area contributed by atoms with Gasteiger partial charge in [-0.05, 0) is 45.6 Å². The molecule has 1 amide bonds. The summed E-state index contributed by atoms with van der Waals surface area (Å²) in [4.78, 5) is 38.0. The Kier molecular flexibility index (Phi) is 5.99. The highest BCUT2D eigenvalue weighted by Crippen LogP contribution is 2.45. The van der Waals surface area contributed by atoms with Crippen molar-refractivity contribution >= 4 is 34.6 Å². The normalized spacial score (nSPS) is 21.7. The molecule has 2 fully saturated rings. The third-order valence-corrected chi connectivity index (χ3v) is 8.57. The zero-order valence-corrected chi connectivity index (χ0v) is 23.0. The van der Waals surface area contributed by atoms with Crippen LogP contribution in [0.25, 0.3) is 28.0 Å². The number of amides is 1. The number of fused-ring (bicyclic) bond motifs is 3. The van der Waals surface area contributed by atoms with Crippen molar-refractivity contribution in [2.75, 3.05) is 5.73 Å². The molecule has 3 aliphatic rings. The van der Waals surface area contributed by atoms with Crippen molar-refractivity contribution in [2.24, 2.45) is 10.2 Å². The van der Waals surface area contributed by atoms with E-state index in [2.05, 4.69) is 20.3 Å². The predicted octanol–water partition coefficient (Wildman–Crippen LogP) is 4.70. The van der Waals surface area contributed by atoms with Crippen molar-refractivity contribution in [3.8, 4) is 22.4 Å². The molecule has 3 aromatic heterocycles. The fourth-order valence-electron chi connectivity index (χ4n) is 6.68. The van der Waals surface area contributed by atoms with Gasteiger partial charge in [-0.2, -0.15) is 14.7 Å². The van der Waals surface area contributed by atoms with Crippen molar-refractivity contribution in [3.05, 3.63) is 66.1 Å². The summed E-state index contributed by atoms with van der Waals surface area (Å²) in [6.07, 6.45) is 7.33. The highest BCUT2D eigenvalue weighted by atomic mass is 16.2. The molecule has 10 nitrogen and oxygen atoms in total. The Hall–Kier alpha value is -4.73. The molecule has 10 heteroatoms. The molecular weight excluding hydrogens is 516 g/mol. The molecule has 2 unspecified atom stereocenters. The van der Waals surface area contributed by atoms with Gasteiger partial charge in [-0.25, -0.2) is 4.98 Å². The van der Waals surface area contributed by atoms with Crippen LogP contribution in [0.2, 0.25) is 0 Å². The van der Waals surface area contributed by atoms with Crippen LogP contribution in [0.15, 0.2) is 65.1 Å². The first-order valence-corrected chi connectivity index (χ1v) is 14.0. The number of rotatable bonds is 5. The molecule has 2 saturated heterocycles. The predicted molar refractivity (Wildman–Crippen MR) is 157 cm³/mol. The van der Waals surface area contributed by atoms with Crippen LogP contribution in [0.5, 0.6) is 0 Å². The van der Waals surface area contributed by atoms with Gasteiger partial charge in [-0.1, -0.05) is 36.4 Å². The second-order valence-corrected chi connectivity index (χ2v) is 11.2. The maximum absolute atomic E-state index is 13.3. The van der Waals surface area contributed by atoms with Crippen LogP contribution in [0.1, 0.15) is 67.9 Å². The number of hydrogen-bond acceptors (Lipinski definition) is 8. The largest absolute Gasteiger partial charge is 0.383 e. The molecule has 6 heterocycles. The highest BCUT2D eigenvalue weighted by molar-refractivity contribution is 6.43. The molecule has 4 aromatic rings. The number of ketones is 1.